The summed E-state index contributed by atoms with van der Waals surface area (Å²) in [5.41, 5.74) is 6.90. The van der Waals surface area contributed by atoms with Crippen LogP contribution < -0.4 is 11.1 Å². The second-order valence-electron chi connectivity index (χ2n) is 6.88. The van der Waals surface area contributed by atoms with Gasteiger partial charge in [-0.25, -0.2) is 0 Å². The summed E-state index contributed by atoms with van der Waals surface area (Å²) in [4.78, 5) is 12.4. The van der Waals surface area contributed by atoms with Gasteiger partial charge in [-0.3, -0.25) is 4.79 Å². The lowest BCUT2D eigenvalue weighted by molar-refractivity contribution is -0.123. The van der Waals surface area contributed by atoms with E-state index in [9.17, 15) is 4.79 Å². The van der Waals surface area contributed by atoms with Crippen LogP contribution >= 0.6 is 12.4 Å². The highest BCUT2D eigenvalue weighted by Gasteiger charge is 2.28. The molecule has 2 atom stereocenters. The summed E-state index contributed by atoms with van der Waals surface area (Å²) in [6, 6.07) is 10.5. The minimum absolute atomic E-state index is 0. The summed E-state index contributed by atoms with van der Waals surface area (Å²) in [7, 11) is 0. The Morgan fingerprint density at radius 1 is 1.23 bits per heavy atom. The number of nitrogens with two attached hydrogens (primary N) is 1. The van der Waals surface area contributed by atoms with Gasteiger partial charge in [0.25, 0.3) is 0 Å². The van der Waals surface area contributed by atoms with Crippen LogP contribution in [0.4, 0.5) is 0 Å². The molecule has 0 saturated heterocycles. The third-order valence-corrected chi connectivity index (χ3v) is 4.72. The van der Waals surface area contributed by atoms with Crippen molar-refractivity contribution in [1.82, 2.24) is 5.32 Å². The van der Waals surface area contributed by atoms with E-state index in [1.807, 2.05) is 18.2 Å². The molecule has 2 rings (SSSR count). The SMILES string of the molecule is CC(C)(CC(=O)NC1CCCCC1CN)c1ccccc1.Cl. The van der Waals surface area contributed by atoms with Gasteiger partial charge in [-0.15, -0.1) is 12.4 Å². The maximum atomic E-state index is 12.4. The summed E-state index contributed by atoms with van der Waals surface area (Å²) in [5.74, 6) is 0.594. The molecule has 1 amide bonds. The van der Waals surface area contributed by atoms with Gasteiger partial charge in [-0.2, -0.15) is 0 Å². The van der Waals surface area contributed by atoms with Gasteiger partial charge in [0, 0.05) is 12.5 Å². The fourth-order valence-electron chi connectivity index (χ4n) is 3.33. The highest BCUT2D eigenvalue weighted by molar-refractivity contribution is 5.85. The van der Waals surface area contributed by atoms with Crippen molar-refractivity contribution < 1.29 is 4.79 Å². The first-order valence-electron chi connectivity index (χ1n) is 8.08. The molecule has 0 aliphatic heterocycles. The maximum absolute atomic E-state index is 12.4. The topological polar surface area (TPSA) is 55.1 Å². The number of benzene rings is 1. The number of rotatable bonds is 5. The summed E-state index contributed by atoms with van der Waals surface area (Å²) in [5, 5.41) is 3.23. The zero-order valence-corrected chi connectivity index (χ0v) is 14.5. The molecule has 124 valence electrons. The Morgan fingerprint density at radius 2 is 1.86 bits per heavy atom. The molecule has 1 saturated carbocycles. The van der Waals surface area contributed by atoms with E-state index in [0.717, 1.165) is 12.8 Å². The number of carbonyl (C=O) groups excluding carboxylic acids is 1. The van der Waals surface area contributed by atoms with Crippen molar-refractivity contribution in [3.63, 3.8) is 0 Å². The Balaban J connectivity index is 0.00000242. The average Bonchev–Trinajstić information content (AvgIpc) is 2.48. The molecule has 3 nitrogen and oxygen atoms in total. The molecule has 0 aromatic heterocycles. The van der Waals surface area contributed by atoms with Gasteiger partial charge in [0.2, 0.25) is 5.91 Å². The van der Waals surface area contributed by atoms with Gasteiger partial charge in [-0.05, 0) is 36.3 Å². The number of amides is 1. The van der Waals surface area contributed by atoms with E-state index in [4.69, 9.17) is 5.73 Å². The van der Waals surface area contributed by atoms with Gasteiger partial charge in [0.05, 0.1) is 0 Å². The third kappa shape index (κ3) is 4.99. The minimum Gasteiger partial charge on any atom is -0.353 e. The quantitative estimate of drug-likeness (QED) is 0.872. The Bertz CT molecular complexity index is 461. The van der Waals surface area contributed by atoms with Crippen molar-refractivity contribution in [2.75, 3.05) is 6.54 Å². The first-order chi connectivity index (χ1) is 10.0. The molecule has 1 aliphatic rings. The summed E-state index contributed by atoms with van der Waals surface area (Å²) in [6.45, 7) is 4.93. The summed E-state index contributed by atoms with van der Waals surface area (Å²) in [6.07, 6.45) is 5.17. The number of hydrogen-bond donors (Lipinski definition) is 2. The van der Waals surface area contributed by atoms with Crippen molar-refractivity contribution in [3.8, 4) is 0 Å². The number of carbonyl (C=O) groups is 1. The number of hydrogen-bond acceptors (Lipinski definition) is 2. The van der Waals surface area contributed by atoms with E-state index in [2.05, 4.69) is 31.3 Å². The molecule has 0 heterocycles. The summed E-state index contributed by atoms with van der Waals surface area (Å²) < 4.78 is 0. The fourth-order valence-corrected chi connectivity index (χ4v) is 3.33. The Kier molecular flexibility index (Phi) is 7.37. The minimum atomic E-state index is -0.141. The van der Waals surface area contributed by atoms with E-state index < -0.39 is 0 Å². The van der Waals surface area contributed by atoms with Crippen LogP contribution in [-0.4, -0.2) is 18.5 Å². The van der Waals surface area contributed by atoms with Crippen LogP contribution in [0.25, 0.3) is 0 Å². The Hall–Kier alpha value is -1.06. The summed E-state index contributed by atoms with van der Waals surface area (Å²) >= 11 is 0. The largest absolute Gasteiger partial charge is 0.353 e. The van der Waals surface area contributed by atoms with E-state index in [0.29, 0.717) is 18.9 Å². The second-order valence-corrected chi connectivity index (χ2v) is 6.88. The Morgan fingerprint density at radius 3 is 2.50 bits per heavy atom. The second kappa shape index (κ2) is 8.54. The lowest BCUT2D eigenvalue weighted by Crippen LogP contribution is -2.46. The molecule has 1 fully saturated rings. The lowest BCUT2D eigenvalue weighted by atomic mass is 9.80. The highest BCUT2D eigenvalue weighted by atomic mass is 35.5. The third-order valence-electron chi connectivity index (χ3n) is 4.72. The van der Waals surface area contributed by atoms with Crippen LogP contribution in [0.3, 0.4) is 0 Å². The molecular formula is C18H29ClN2O. The van der Waals surface area contributed by atoms with E-state index >= 15 is 0 Å². The van der Waals surface area contributed by atoms with Crippen LogP contribution in [0.1, 0.15) is 51.5 Å². The van der Waals surface area contributed by atoms with Crippen molar-refractivity contribution in [2.45, 2.75) is 57.4 Å². The predicted octanol–water partition coefficient (Wildman–Crippen LogP) is 3.41. The molecule has 22 heavy (non-hydrogen) atoms. The van der Waals surface area contributed by atoms with Gasteiger partial charge in [-0.1, -0.05) is 57.0 Å². The number of nitrogens with one attached hydrogen (secondary N) is 1. The molecular weight excluding hydrogens is 296 g/mol. The molecule has 0 radical (unpaired) electrons. The Labute approximate surface area is 140 Å². The monoisotopic (exact) mass is 324 g/mol. The fraction of sp³-hybridized carbons (Fsp3) is 0.611. The lowest BCUT2D eigenvalue weighted by Gasteiger charge is -2.33. The maximum Gasteiger partial charge on any atom is 0.221 e. The molecule has 4 heteroatoms. The van der Waals surface area contributed by atoms with Crippen molar-refractivity contribution in [2.24, 2.45) is 11.7 Å². The molecule has 1 aromatic rings. The van der Waals surface area contributed by atoms with E-state index in [-0.39, 0.29) is 29.8 Å². The van der Waals surface area contributed by atoms with Gasteiger partial charge >= 0.3 is 0 Å². The molecule has 2 unspecified atom stereocenters. The van der Waals surface area contributed by atoms with Gasteiger partial charge in [0.15, 0.2) is 0 Å². The zero-order valence-electron chi connectivity index (χ0n) is 13.7. The molecule has 1 aliphatic carbocycles. The van der Waals surface area contributed by atoms with Crippen molar-refractivity contribution in [1.29, 1.82) is 0 Å². The predicted molar refractivity (Wildman–Crippen MR) is 94.3 cm³/mol. The molecule has 0 bridgehead atoms. The zero-order chi connectivity index (χ0) is 15.3. The van der Waals surface area contributed by atoms with Crippen LogP contribution in [0.2, 0.25) is 0 Å². The first-order valence-corrected chi connectivity index (χ1v) is 8.08. The van der Waals surface area contributed by atoms with Gasteiger partial charge < -0.3 is 11.1 Å². The van der Waals surface area contributed by atoms with Crippen LogP contribution in [0.5, 0.6) is 0 Å². The number of halogens is 1. The van der Waals surface area contributed by atoms with E-state index in [1.165, 1.54) is 18.4 Å². The van der Waals surface area contributed by atoms with Crippen LogP contribution in [-0.2, 0) is 10.2 Å². The van der Waals surface area contributed by atoms with Gasteiger partial charge in [0.1, 0.15) is 0 Å². The normalized spacial score (nSPS) is 21.8. The van der Waals surface area contributed by atoms with Crippen LogP contribution in [0, 0.1) is 5.92 Å². The van der Waals surface area contributed by atoms with Crippen molar-refractivity contribution in [3.05, 3.63) is 35.9 Å². The first kappa shape index (κ1) is 19.0. The molecule has 3 N–H and O–H groups in total. The average molecular weight is 325 g/mol. The standard InChI is InChI=1S/C18H28N2O.ClH/c1-18(2,15-9-4-3-5-10-15)12-17(21)20-16-11-7-6-8-14(16)13-19;/h3-5,9-10,14,16H,6-8,11-13,19H2,1-2H3,(H,20,21);1H. The molecule has 1 aromatic carbocycles. The van der Waals surface area contributed by atoms with E-state index in [1.54, 1.807) is 0 Å². The molecule has 0 spiro atoms. The highest BCUT2D eigenvalue weighted by Crippen LogP contribution is 2.28. The smallest absolute Gasteiger partial charge is 0.221 e. The van der Waals surface area contributed by atoms with Crippen LogP contribution in [0.15, 0.2) is 30.3 Å². The van der Waals surface area contributed by atoms with Crippen molar-refractivity contribution >= 4 is 18.3 Å².